The van der Waals surface area contributed by atoms with Gasteiger partial charge in [0.15, 0.2) is 0 Å². The molecular formula is C16H20N2O. The molecule has 0 aliphatic carbocycles. The summed E-state index contributed by atoms with van der Waals surface area (Å²) >= 11 is 0. The number of piperidine rings is 1. The minimum absolute atomic E-state index is 0.155. The first kappa shape index (κ1) is 12.5. The van der Waals surface area contributed by atoms with Gasteiger partial charge in [0.1, 0.15) is 0 Å². The van der Waals surface area contributed by atoms with E-state index in [9.17, 15) is 0 Å². The van der Waals surface area contributed by atoms with Crippen LogP contribution in [0.5, 0.6) is 0 Å². The van der Waals surface area contributed by atoms with Crippen LogP contribution in [0.15, 0.2) is 24.3 Å². The topological polar surface area (TPSA) is 36.3 Å². The summed E-state index contributed by atoms with van der Waals surface area (Å²) in [5.74, 6) is 0.710. The SMILES string of the molecule is CC1COC2(CCN(c3ccc(C#N)cc3)CC2)C1. The van der Waals surface area contributed by atoms with Crippen molar-refractivity contribution >= 4 is 5.69 Å². The molecule has 1 unspecified atom stereocenters. The van der Waals surface area contributed by atoms with Crippen LogP contribution in [0.4, 0.5) is 5.69 Å². The molecule has 0 radical (unpaired) electrons. The molecule has 0 aromatic heterocycles. The maximum atomic E-state index is 8.82. The second kappa shape index (κ2) is 4.86. The van der Waals surface area contributed by atoms with E-state index in [2.05, 4.69) is 30.0 Å². The summed E-state index contributed by atoms with van der Waals surface area (Å²) in [5.41, 5.74) is 2.10. The Morgan fingerprint density at radius 2 is 1.95 bits per heavy atom. The van der Waals surface area contributed by atoms with Crippen LogP contribution in [0, 0.1) is 17.2 Å². The molecule has 0 saturated carbocycles. The Labute approximate surface area is 114 Å². The monoisotopic (exact) mass is 256 g/mol. The maximum Gasteiger partial charge on any atom is 0.0991 e. The number of rotatable bonds is 1. The average Bonchev–Trinajstić information content (AvgIpc) is 2.81. The highest BCUT2D eigenvalue weighted by atomic mass is 16.5. The first-order valence-electron chi connectivity index (χ1n) is 7.10. The van der Waals surface area contributed by atoms with Gasteiger partial charge in [-0.05, 0) is 49.4 Å². The molecule has 1 aromatic rings. The normalized spacial score (nSPS) is 25.5. The molecule has 3 nitrogen and oxygen atoms in total. The summed E-state index contributed by atoms with van der Waals surface area (Å²) in [6.07, 6.45) is 3.46. The lowest BCUT2D eigenvalue weighted by atomic mass is 9.86. The van der Waals surface area contributed by atoms with Gasteiger partial charge < -0.3 is 9.64 Å². The highest BCUT2D eigenvalue weighted by Gasteiger charge is 2.41. The van der Waals surface area contributed by atoms with E-state index in [1.807, 2.05) is 12.1 Å². The van der Waals surface area contributed by atoms with E-state index < -0.39 is 0 Å². The van der Waals surface area contributed by atoms with Gasteiger partial charge in [0, 0.05) is 25.4 Å². The molecule has 1 spiro atoms. The molecule has 3 heteroatoms. The van der Waals surface area contributed by atoms with Crippen molar-refractivity contribution in [3.8, 4) is 6.07 Å². The Hall–Kier alpha value is -1.53. The average molecular weight is 256 g/mol. The zero-order valence-corrected chi connectivity index (χ0v) is 11.4. The molecule has 0 N–H and O–H groups in total. The Morgan fingerprint density at radius 1 is 1.26 bits per heavy atom. The van der Waals surface area contributed by atoms with Crippen LogP contribution in [0.25, 0.3) is 0 Å². The minimum atomic E-state index is 0.155. The van der Waals surface area contributed by atoms with Crippen LogP contribution in [0.3, 0.4) is 0 Å². The van der Waals surface area contributed by atoms with Crippen molar-refractivity contribution in [1.82, 2.24) is 0 Å². The largest absolute Gasteiger partial charge is 0.375 e. The fourth-order valence-corrected chi connectivity index (χ4v) is 3.34. The van der Waals surface area contributed by atoms with Gasteiger partial charge in [0.2, 0.25) is 0 Å². The molecule has 2 aliphatic rings. The van der Waals surface area contributed by atoms with Gasteiger partial charge >= 0.3 is 0 Å². The smallest absolute Gasteiger partial charge is 0.0991 e. The lowest BCUT2D eigenvalue weighted by molar-refractivity contribution is -0.0151. The standard InChI is InChI=1S/C16H20N2O/c1-13-10-16(19-12-13)6-8-18(9-7-16)15-4-2-14(11-17)3-5-15/h2-5,13H,6-10,12H2,1H3. The molecule has 3 rings (SSSR count). The Bertz CT molecular complexity index is 480. The van der Waals surface area contributed by atoms with Gasteiger partial charge in [-0.2, -0.15) is 5.26 Å². The summed E-state index contributed by atoms with van der Waals surface area (Å²) < 4.78 is 6.04. The van der Waals surface area contributed by atoms with Gasteiger partial charge in [-0.15, -0.1) is 0 Å². The van der Waals surface area contributed by atoms with Gasteiger partial charge in [-0.3, -0.25) is 0 Å². The van der Waals surface area contributed by atoms with Gasteiger partial charge in [0.25, 0.3) is 0 Å². The van der Waals surface area contributed by atoms with Crippen LogP contribution in [0.1, 0.15) is 31.7 Å². The molecular weight excluding hydrogens is 236 g/mol. The second-order valence-electron chi connectivity index (χ2n) is 5.95. The van der Waals surface area contributed by atoms with E-state index in [0.717, 1.165) is 38.1 Å². The maximum absolute atomic E-state index is 8.82. The number of nitriles is 1. The number of nitrogens with zero attached hydrogens (tertiary/aromatic N) is 2. The zero-order chi connectivity index (χ0) is 13.3. The van der Waals surface area contributed by atoms with Crippen molar-refractivity contribution < 1.29 is 4.74 Å². The number of hydrogen-bond donors (Lipinski definition) is 0. The van der Waals surface area contributed by atoms with Crippen molar-refractivity contribution in [2.45, 2.75) is 31.8 Å². The van der Waals surface area contributed by atoms with Crippen molar-refractivity contribution in [1.29, 1.82) is 5.26 Å². The first-order chi connectivity index (χ1) is 9.21. The van der Waals surface area contributed by atoms with E-state index in [1.165, 1.54) is 12.1 Å². The first-order valence-corrected chi connectivity index (χ1v) is 7.10. The van der Waals surface area contributed by atoms with Crippen molar-refractivity contribution in [2.75, 3.05) is 24.6 Å². The third-order valence-electron chi connectivity index (χ3n) is 4.43. The molecule has 19 heavy (non-hydrogen) atoms. The Morgan fingerprint density at radius 3 is 2.47 bits per heavy atom. The van der Waals surface area contributed by atoms with E-state index in [0.29, 0.717) is 5.92 Å². The molecule has 2 fully saturated rings. The predicted molar refractivity (Wildman–Crippen MR) is 75.1 cm³/mol. The van der Waals surface area contributed by atoms with E-state index >= 15 is 0 Å². The van der Waals surface area contributed by atoms with Gasteiger partial charge in [0.05, 0.1) is 17.2 Å². The Balaban J connectivity index is 1.65. The summed E-state index contributed by atoms with van der Waals surface area (Å²) in [7, 11) is 0. The van der Waals surface area contributed by atoms with Crippen LogP contribution in [0.2, 0.25) is 0 Å². The molecule has 1 atom stereocenters. The number of anilines is 1. The van der Waals surface area contributed by atoms with Crippen LogP contribution >= 0.6 is 0 Å². The number of ether oxygens (including phenoxy) is 1. The van der Waals surface area contributed by atoms with Crippen molar-refractivity contribution in [3.63, 3.8) is 0 Å². The summed E-state index contributed by atoms with van der Waals surface area (Å²) in [5, 5.41) is 8.82. The van der Waals surface area contributed by atoms with Crippen LogP contribution in [-0.2, 0) is 4.74 Å². The highest BCUT2D eigenvalue weighted by molar-refractivity contribution is 5.50. The highest BCUT2D eigenvalue weighted by Crippen LogP contribution is 2.39. The van der Waals surface area contributed by atoms with Crippen molar-refractivity contribution in [2.24, 2.45) is 5.92 Å². The molecule has 1 aromatic carbocycles. The fourth-order valence-electron chi connectivity index (χ4n) is 3.34. The third kappa shape index (κ3) is 2.46. The summed E-state index contributed by atoms with van der Waals surface area (Å²) in [6.45, 7) is 5.32. The molecule has 0 amide bonds. The fraction of sp³-hybridized carbons (Fsp3) is 0.562. The summed E-state index contributed by atoms with van der Waals surface area (Å²) in [4.78, 5) is 2.40. The Kier molecular flexibility index (Phi) is 3.20. The van der Waals surface area contributed by atoms with E-state index in [4.69, 9.17) is 10.00 Å². The molecule has 2 heterocycles. The molecule has 0 bridgehead atoms. The van der Waals surface area contributed by atoms with E-state index in [1.54, 1.807) is 0 Å². The van der Waals surface area contributed by atoms with Crippen molar-refractivity contribution in [3.05, 3.63) is 29.8 Å². The summed E-state index contributed by atoms with van der Waals surface area (Å²) in [6, 6.07) is 10.1. The lowest BCUT2D eigenvalue weighted by Crippen LogP contribution is -2.44. The molecule has 2 saturated heterocycles. The third-order valence-corrected chi connectivity index (χ3v) is 4.43. The zero-order valence-electron chi connectivity index (χ0n) is 11.4. The van der Waals surface area contributed by atoms with Crippen LogP contribution < -0.4 is 4.90 Å². The van der Waals surface area contributed by atoms with Crippen LogP contribution in [-0.4, -0.2) is 25.3 Å². The second-order valence-corrected chi connectivity index (χ2v) is 5.95. The van der Waals surface area contributed by atoms with E-state index in [-0.39, 0.29) is 5.60 Å². The predicted octanol–water partition coefficient (Wildman–Crippen LogP) is 2.95. The number of hydrogen-bond acceptors (Lipinski definition) is 3. The quantitative estimate of drug-likeness (QED) is 0.775. The lowest BCUT2D eigenvalue weighted by Gasteiger charge is -2.39. The van der Waals surface area contributed by atoms with Gasteiger partial charge in [-0.25, -0.2) is 0 Å². The number of benzene rings is 1. The van der Waals surface area contributed by atoms with Gasteiger partial charge in [-0.1, -0.05) is 6.92 Å². The molecule has 100 valence electrons. The molecule has 2 aliphatic heterocycles. The minimum Gasteiger partial charge on any atom is -0.375 e.